The van der Waals surface area contributed by atoms with Gasteiger partial charge in [0.1, 0.15) is 11.6 Å². The van der Waals surface area contributed by atoms with E-state index in [-0.39, 0.29) is 5.56 Å². The number of ether oxygens (including phenoxy) is 5. The Hall–Kier alpha value is -4.98. The number of hydrogen-bond donors (Lipinski definition) is 0. The lowest BCUT2D eigenvalue weighted by molar-refractivity contribution is 0.348. The minimum absolute atomic E-state index is 0.211. The summed E-state index contributed by atoms with van der Waals surface area (Å²) in [6.45, 7) is 0. The van der Waals surface area contributed by atoms with Crippen LogP contribution in [0, 0.1) is 0 Å². The monoisotopic (exact) mass is 524 g/mol. The molecule has 0 atom stereocenters. The quantitative estimate of drug-likeness (QED) is 0.239. The van der Waals surface area contributed by atoms with E-state index in [4.69, 9.17) is 28.7 Å². The van der Waals surface area contributed by atoms with Gasteiger partial charge in [-0.25, -0.2) is 4.98 Å². The van der Waals surface area contributed by atoms with Crippen molar-refractivity contribution in [1.29, 1.82) is 0 Å². The molecular weight excluding hydrogens is 496 g/mol. The molecule has 0 amide bonds. The van der Waals surface area contributed by atoms with Crippen LogP contribution in [0.3, 0.4) is 0 Å². The van der Waals surface area contributed by atoms with Crippen molar-refractivity contribution >= 4 is 33.8 Å². The molecule has 5 aromatic rings. The molecule has 0 aliphatic rings. The van der Waals surface area contributed by atoms with Crippen LogP contribution in [0.1, 0.15) is 11.4 Å². The molecule has 198 valence electrons. The van der Waals surface area contributed by atoms with Crippen LogP contribution in [0.15, 0.2) is 71.5 Å². The maximum absolute atomic E-state index is 14.0. The Kier molecular flexibility index (Phi) is 7.10. The second-order valence-electron chi connectivity index (χ2n) is 8.65. The summed E-state index contributed by atoms with van der Waals surface area (Å²) in [6.07, 6.45) is 3.60. The van der Waals surface area contributed by atoms with Gasteiger partial charge in [-0.05, 0) is 53.3 Å². The number of methoxy groups -OCH3 is 5. The van der Waals surface area contributed by atoms with Crippen LogP contribution in [0.2, 0.25) is 0 Å². The summed E-state index contributed by atoms with van der Waals surface area (Å²) in [7, 11) is 7.84. The van der Waals surface area contributed by atoms with Gasteiger partial charge in [0, 0.05) is 17.7 Å². The fourth-order valence-electron chi connectivity index (χ4n) is 4.56. The molecule has 0 saturated carbocycles. The van der Waals surface area contributed by atoms with Crippen molar-refractivity contribution in [2.45, 2.75) is 0 Å². The Balaban J connectivity index is 1.77. The highest BCUT2D eigenvalue weighted by atomic mass is 16.5. The van der Waals surface area contributed by atoms with E-state index in [9.17, 15) is 4.79 Å². The number of fused-ring (bicyclic) bond motifs is 2. The van der Waals surface area contributed by atoms with Gasteiger partial charge in [0.05, 0.1) is 52.1 Å². The van der Waals surface area contributed by atoms with Crippen LogP contribution in [0.4, 0.5) is 0 Å². The smallest absolute Gasteiger partial charge is 0.266 e. The lowest BCUT2D eigenvalue weighted by Gasteiger charge is -2.15. The van der Waals surface area contributed by atoms with Gasteiger partial charge in [-0.3, -0.25) is 9.36 Å². The first-order valence-corrected chi connectivity index (χ1v) is 12.2. The molecule has 0 N–H and O–H groups in total. The van der Waals surface area contributed by atoms with Crippen LogP contribution in [0.25, 0.3) is 39.5 Å². The summed E-state index contributed by atoms with van der Waals surface area (Å²) in [5, 5.41) is 2.46. The van der Waals surface area contributed by atoms with Gasteiger partial charge in [0.15, 0.2) is 23.0 Å². The van der Waals surface area contributed by atoms with Crippen LogP contribution in [0.5, 0.6) is 28.7 Å². The molecule has 0 unspecified atom stereocenters. The lowest BCUT2D eigenvalue weighted by atomic mass is 10.1. The standard InChI is InChI=1S/C31H28N2O6/c1-35-25-12-11-22(17-28(25)38-4)33-30(13-10-21-16-27(37-3)29(39-5)18-26(21)36-2)32-24-15-20-9-7-6-8-19(20)14-23(24)31(33)34/h6-18H,1-5H3/b13-10+. The Morgan fingerprint density at radius 3 is 1.92 bits per heavy atom. The van der Waals surface area contributed by atoms with E-state index in [1.807, 2.05) is 48.5 Å². The fourth-order valence-corrected chi connectivity index (χ4v) is 4.56. The highest BCUT2D eigenvalue weighted by molar-refractivity contribution is 5.96. The van der Waals surface area contributed by atoms with Crippen LogP contribution in [-0.2, 0) is 0 Å². The molecule has 1 aromatic heterocycles. The molecule has 0 radical (unpaired) electrons. The topological polar surface area (TPSA) is 81.0 Å². The van der Waals surface area contributed by atoms with Crippen molar-refractivity contribution in [3.05, 3.63) is 88.5 Å². The van der Waals surface area contributed by atoms with E-state index in [0.29, 0.717) is 51.2 Å². The third-order valence-electron chi connectivity index (χ3n) is 6.53. The lowest BCUT2D eigenvalue weighted by Crippen LogP contribution is -2.22. The molecule has 0 saturated heterocycles. The Morgan fingerprint density at radius 2 is 1.26 bits per heavy atom. The molecule has 0 fully saturated rings. The molecular formula is C31H28N2O6. The summed E-state index contributed by atoms with van der Waals surface area (Å²) < 4.78 is 28.9. The first kappa shape index (κ1) is 25.7. The highest BCUT2D eigenvalue weighted by Crippen LogP contribution is 2.36. The van der Waals surface area contributed by atoms with Crippen LogP contribution in [-0.4, -0.2) is 45.1 Å². The molecule has 1 heterocycles. The summed E-state index contributed by atoms with van der Waals surface area (Å²) >= 11 is 0. The second kappa shape index (κ2) is 10.8. The molecule has 0 aliphatic carbocycles. The number of benzene rings is 4. The number of nitrogens with zero attached hydrogens (tertiary/aromatic N) is 2. The van der Waals surface area contributed by atoms with Crippen molar-refractivity contribution < 1.29 is 23.7 Å². The maximum atomic E-state index is 14.0. The zero-order valence-corrected chi connectivity index (χ0v) is 22.3. The molecule has 5 rings (SSSR count). The molecule has 0 aliphatic heterocycles. The first-order chi connectivity index (χ1) is 19.0. The van der Waals surface area contributed by atoms with Gasteiger partial charge < -0.3 is 23.7 Å². The maximum Gasteiger partial charge on any atom is 0.266 e. The number of aromatic nitrogens is 2. The van der Waals surface area contributed by atoms with E-state index in [1.54, 1.807) is 70.5 Å². The largest absolute Gasteiger partial charge is 0.496 e. The third kappa shape index (κ3) is 4.72. The average molecular weight is 525 g/mol. The van der Waals surface area contributed by atoms with E-state index in [0.717, 1.165) is 16.3 Å². The zero-order chi connectivity index (χ0) is 27.5. The van der Waals surface area contributed by atoms with Gasteiger partial charge in [0.2, 0.25) is 0 Å². The minimum atomic E-state index is -0.211. The second-order valence-corrected chi connectivity index (χ2v) is 8.65. The van der Waals surface area contributed by atoms with Crippen molar-refractivity contribution in [3.63, 3.8) is 0 Å². The molecule has 0 spiro atoms. The summed E-state index contributed by atoms with van der Waals surface area (Å²) in [5.41, 5.74) is 1.69. The number of rotatable bonds is 8. The van der Waals surface area contributed by atoms with Gasteiger partial charge in [0.25, 0.3) is 5.56 Å². The molecule has 8 nitrogen and oxygen atoms in total. The molecule has 4 aromatic carbocycles. The van der Waals surface area contributed by atoms with E-state index in [1.165, 1.54) is 0 Å². The summed E-state index contributed by atoms with van der Waals surface area (Å²) in [5.74, 6) is 3.15. The third-order valence-corrected chi connectivity index (χ3v) is 6.53. The Labute approximate surface area is 225 Å². The zero-order valence-electron chi connectivity index (χ0n) is 22.3. The Bertz CT molecular complexity index is 1770. The molecule has 0 bridgehead atoms. The normalized spacial score (nSPS) is 11.2. The Morgan fingerprint density at radius 1 is 0.641 bits per heavy atom. The minimum Gasteiger partial charge on any atom is -0.496 e. The summed E-state index contributed by atoms with van der Waals surface area (Å²) in [6, 6.07) is 20.6. The van der Waals surface area contributed by atoms with Crippen molar-refractivity contribution in [1.82, 2.24) is 9.55 Å². The molecule has 8 heteroatoms. The highest BCUT2D eigenvalue weighted by Gasteiger charge is 2.16. The van der Waals surface area contributed by atoms with Crippen molar-refractivity contribution in [2.75, 3.05) is 35.5 Å². The van der Waals surface area contributed by atoms with Gasteiger partial charge in [-0.1, -0.05) is 24.3 Å². The summed E-state index contributed by atoms with van der Waals surface area (Å²) in [4.78, 5) is 18.9. The number of hydrogen-bond acceptors (Lipinski definition) is 7. The van der Waals surface area contributed by atoms with Crippen LogP contribution < -0.4 is 29.2 Å². The fraction of sp³-hybridized carbons (Fsp3) is 0.161. The predicted octanol–water partition coefficient (Wildman–Crippen LogP) is 5.75. The van der Waals surface area contributed by atoms with Gasteiger partial charge >= 0.3 is 0 Å². The van der Waals surface area contributed by atoms with Crippen molar-refractivity contribution in [3.8, 4) is 34.4 Å². The molecule has 39 heavy (non-hydrogen) atoms. The van der Waals surface area contributed by atoms with Crippen molar-refractivity contribution in [2.24, 2.45) is 0 Å². The predicted molar refractivity (Wildman–Crippen MR) is 153 cm³/mol. The average Bonchev–Trinajstić information content (AvgIpc) is 2.98. The van der Waals surface area contributed by atoms with Gasteiger partial charge in [-0.2, -0.15) is 0 Å². The van der Waals surface area contributed by atoms with E-state index in [2.05, 4.69) is 0 Å². The van der Waals surface area contributed by atoms with E-state index < -0.39 is 0 Å². The first-order valence-electron chi connectivity index (χ1n) is 12.2. The van der Waals surface area contributed by atoms with E-state index >= 15 is 0 Å². The SMILES string of the molecule is COc1cc(OC)c(OC)cc1/C=C/c1nc2cc3ccccc3cc2c(=O)n1-c1ccc(OC)c(OC)c1. The van der Waals surface area contributed by atoms with Crippen LogP contribution >= 0.6 is 0 Å². The van der Waals surface area contributed by atoms with Gasteiger partial charge in [-0.15, -0.1) is 0 Å².